The van der Waals surface area contributed by atoms with Crippen LogP contribution in [0.1, 0.15) is 17.3 Å². The molecule has 0 radical (unpaired) electrons. The fourth-order valence-corrected chi connectivity index (χ4v) is 2.27. The van der Waals surface area contributed by atoms with Crippen LogP contribution in [0.2, 0.25) is 0 Å². The van der Waals surface area contributed by atoms with E-state index in [1.54, 1.807) is 30.3 Å². The number of ether oxygens (including phenoxy) is 2. The number of pyridine rings is 1. The van der Waals surface area contributed by atoms with Gasteiger partial charge in [0.15, 0.2) is 0 Å². The number of aromatic nitrogens is 1. The van der Waals surface area contributed by atoms with Gasteiger partial charge in [-0.15, -0.1) is 0 Å². The lowest BCUT2D eigenvalue weighted by Gasteiger charge is -2.08. The molecule has 116 valence electrons. The largest absolute Gasteiger partial charge is 0.494 e. The highest BCUT2D eigenvalue weighted by Gasteiger charge is 2.13. The number of hydrogen-bond acceptors (Lipinski definition) is 5. The van der Waals surface area contributed by atoms with Crippen LogP contribution >= 0.6 is 0 Å². The number of anilines is 1. The van der Waals surface area contributed by atoms with Crippen LogP contribution in [0, 0.1) is 0 Å². The molecule has 0 saturated heterocycles. The summed E-state index contributed by atoms with van der Waals surface area (Å²) in [6, 6.07) is 16.0. The number of esters is 1. The summed E-state index contributed by atoms with van der Waals surface area (Å²) in [5.41, 5.74) is 6.19. The first-order valence-corrected chi connectivity index (χ1v) is 7.27. The first-order valence-electron chi connectivity index (χ1n) is 7.27. The van der Waals surface area contributed by atoms with E-state index in [0.29, 0.717) is 23.7 Å². The summed E-state index contributed by atoms with van der Waals surface area (Å²) in [6.07, 6.45) is 0. The summed E-state index contributed by atoms with van der Waals surface area (Å²) in [5, 5.41) is 1.61. The van der Waals surface area contributed by atoms with Gasteiger partial charge < -0.3 is 15.2 Å². The van der Waals surface area contributed by atoms with Crippen LogP contribution in [0.25, 0.3) is 10.8 Å². The van der Waals surface area contributed by atoms with Gasteiger partial charge in [0.05, 0.1) is 12.2 Å². The van der Waals surface area contributed by atoms with E-state index in [0.717, 1.165) is 10.8 Å². The molecule has 0 unspecified atom stereocenters. The molecule has 5 nitrogen and oxygen atoms in total. The maximum Gasteiger partial charge on any atom is 0.344 e. The molecule has 23 heavy (non-hydrogen) atoms. The molecule has 0 atom stereocenters. The summed E-state index contributed by atoms with van der Waals surface area (Å²) in [6.45, 7) is 2.47. The van der Waals surface area contributed by atoms with Gasteiger partial charge in [0.25, 0.3) is 0 Å². The Bertz CT molecular complexity index is 845. The van der Waals surface area contributed by atoms with Crippen molar-refractivity contribution in [3.05, 3.63) is 60.2 Å². The Morgan fingerprint density at radius 1 is 1.13 bits per heavy atom. The number of rotatable bonds is 4. The Hall–Kier alpha value is -3.08. The number of hydrogen-bond donors (Lipinski definition) is 1. The molecule has 0 bridgehead atoms. The molecular formula is C18H16N2O3. The zero-order valence-electron chi connectivity index (χ0n) is 12.7. The smallest absolute Gasteiger partial charge is 0.344 e. The van der Waals surface area contributed by atoms with Crippen LogP contribution in [0.15, 0.2) is 54.6 Å². The van der Waals surface area contributed by atoms with Gasteiger partial charge in [0.1, 0.15) is 11.6 Å². The van der Waals surface area contributed by atoms with Crippen molar-refractivity contribution in [1.82, 2.24) is 4.98 Å². The molecule has 0 saturated carbocycles. The quantitative estimate of drug-likeness (QED) is 0.747. The second kappa shape index (κ2) is 6.36. The van der Waals surface area contributed by atoms with Gasteiger partial charge in [-0.3, -0.25) is 0 Å². The third kappa shape index (κ3) is 3.23. The number of benzene rings is 2. The normalized spacial score (nSPS) is 10.5. The van der Waals surface area contributed by atoms with Gasteiger partial charge in [-0.05, 0) is 48.7 Å². The van der Waals surface area contributed by atoms with Crippen molar-refractivity contribution in [3.8, 4) is 11.6 Å². The number of nitrogens with two attached hydrogens (primary N) is 1. The van der Waals surface area contributed by atoms with Crippen molar-refractivity contribution in [2.45, 2.75) is 6.92 Å². The fraction of sp³-hybridized carbons (Fsp3) is 0.111. The summed E-state index contributed by atoms with van der Waals surface area (Å²) < 4.78 is 10.8. The van der Waals surface area contributed by atoms with Crippen molar-refractivity contribution in [2.24, 2.45) is 0 Å². The molecule has 0 aliphatic rings. The predicted molar refractivity (Wildman–Crippen MR) is 88.7 cm³/mol. The van der Waals surface area contributed by atoms with Crippen LogP contribution in [-0.4, -0.2) is 17.6 Å². The number of carbonyl (C=O) groups is 1. The second-order valence-electron chi connectivity index (χ2n) is 4.92. The van der Waals surface area contributed by atoms with Crippen molar-refractivity contribution < 1.29 is 14.3 Å². The van der Waals surface area contributed by atoms with Gasteiger partial charge in [0.2, 0.25) is 5.88 Å². The fourth-order valence-electron chi connectivity index (χ4n) is 2.27. The Balaban J connectivity index is 1.88. The van der Waals surface area contributed by atoms with E-state index in [1.807, 2.05) is 31.2 Å². The Kier molecular flexibility index (Phi) is 4.10. The topological polar surface area (TPSA) is 74.4 Å². The lowest BCUT2D eigenvalue weighted by Crippen LogP contribution is -2.10. The van der Waals surface area contributed by atoms with E-state index in [4.69, 9.17) is 15.2 Å². The van der Waals surface area contributed by atoms with Crippen LogP contribution in [0.3, 0.4) is 0 Å². The lowest BCUT2D eigenvalue weighted by atomic mass is 10.1. The molecule has 0 spiro atoms. The number of fused-ring (bicyclic) bond motifs is 1. The van der Waals surface area contributed by atoms with E-state index in [2.05, 4.69) is 4.98 Å². The molecule has 3 aromatic rings. The van der Waals surface area contributed by atoms with E-state index in [1.165, 1.54) is 0 Å². The Labute approximate surface area is 133 Å². The molecule has 2 N–H and O–H groups in total. The molecule has 2 aromatic carbocycles. The maximum atomic E-state index is 12.3. The summed E-state index contributed by atoms with van der Waals surface area (Å²) in [4.78, 5) is 16.4. The molecule has 0 aliphatic carbocycles. The van der Waals surface area contributed by atoms with Gasteiger partial charge >= 0.3 is 5.97 Å². The molecule has 3 rings (SSSR count). The van der Waals surface area contributed by atoms with Gasteiger partial charge in [-0.1, -0.05) is 18.2 Å². The first kappa shape index (κ1) is 14.8. The molecular weight excluding hydrogens is 292 g/mol. The number of nitrogens with zero attached hydrogens (tertiary/aromatic N) is 1. The molecule has 0 aliphatic heterocycles. The maximum absolute atomic E-state index is 12.3. The monoisotopic (exact) mass is 308 g/mol. The molecule has 1 heterocycles. The highest BCUT2D eigenvalue weighted by atomic mass is 16.5. The molecule has 0 amide bonds. The average molecular weight is 308 g/mol. The van der Waals surface area contributed by atoms with Crippen LogP contribution in [-0.2, 0) is 0 Å². The zero-order chi connectivity index (χ0) is 16.2. The predicted octanol–water partition coefficient (Wildman–Crippen LogP) is 3.43. The Morgan fingerprint density at radius 2 is 1.87 bits per heavy atom. The lowest BCUT2D eigenvalue weighted by molar-refractivity contribution is 0.0730. The molecule has 0 fully saturated rings. The van der Waals surface area contributed by atoms with Crippen LogP contribution < -0.4 is 15.2 Å². The third-order valence-corrected chi connectivity index (χ3v) is 3.32. The van der Waals surface area contributed by atoms with Crippen molar-refractivity contribution in [1.29, 1.82) is 0 Å². The van der Waals surface area contributed by atoms with Crippen molar-refractivity contribution >= 4 is 22.6 Å². The first-order chi connectivity index (χ1) is 11.2. The standard InChI is InChI=1S/C18H16N2O3/c1-2-22-14-9-7-12(8-10-14)18(21)23-17-15-6-4-3-5-13(15)11-16(19)20-17/h3-11H,2H2,1H3,(H2,19,20). The van der Waals surface area contributed by atoms with E-state index in [-0.39, 0.29) is 5.88 Å². The summed E-state index contributed by atoms with van der Waals surface area (Å²) >= 11 is 0. The van der Waals surface area contributed by atoms with E-state index >= 15 is 0 Å². The van der Waals surface area contributed by atoms with Gasteiger partial charge in [0, 0.05) is 5.39 Å². The summed E-state index contributed by atoms with van der Waals surface area (Å²) in [7, 11) is 0. The second-order valence-corrected chi connectivity index (χ2v) is 4.92. The minimum atomic E-state index is -0.490. The number of nitrogen functional groups attached to an aromatic ring is 1. The van der Waals surface area contributed by atoms with E-state index < -0.39 is 5.97 Å². The molecule has 5 heteroatoms. The number of carbonyl (C=O) groups excluding carboxylic acids is 1. The van der Waals surface area contributed by atoms with Gasteiger partial charge in [-0.25, -0.2) is 4.79 Å². The molecule has 1 aromatic heterocycles. The van der Waals surface area contributed by atoms with Crippen molar-refractivity contribution in [2.75, 3.05) is 12.3 Å². The minimum absolute atomic E-state index is 0.208. The summed E-state index contributed by atoms with van der Waals surface area (Å²) in [5.74, 6) is 0.727. The average Bonchev–Trinajstić information content (AvgIpc) is 2.55. The van der Waals surface area contributed by atoms with Crippen LogP contribution in [0.5, 0.6) is 11.6 Å². The third-order valence-electron chi connectivity index (χ3n) is 3.32. The van der Waals surface area contributed by atoms with E-state index in [9.17, 15) is 4.79 Å². The Morgan fingerprint density at radius 3 is 2.61 bits per heavy atom. The van der Waals surface area contributed by atoms with Crippen LogP contribution in [0.4, 0.5) is 5.82 Å². The van der Waals surface area contributed by atoms with Gasteiger partial charge in [-0.2, -0.15) is 4.98 Å². The minimum Gasteiger partial charge on any atom is -0.494 e. The highest BCUT2D eigenvalue weighted by molar-refractivity contribution is 5.95. The highest BCUT2D eigenvalue weighted by Crippen LogP contribution is 2.26. The van der Waals surface area contributed by atoms with Crippen molar-refractivity contribution in [3.63, 3.8) is 0 Å². The zero-order valence-corrected chi connectivity index (χ0v) is 12.7. The SMILES string of the molecule is CCOc1ccc(C(=O)Oc2nc(N)cc3ccccc23)cc1.